The lowest BCUT2D eigenvalue weighted by atomic mass is 9.96. The molecule has 0 spiro atoms. The molecular weight excluding hydrogens is 335 g/mol. The molecule has 0 unspecified atom stereocenters. The van der Waals surface area contributed by atoms with Crippen molar-refractivity contribution in [2.24, 2.45) is 0 Å². The second-order valence-corrected chi connectivity index (χ2v) is 6.50. The van der Waals surface area contributed by atoms with Gasteiger partial charge in [-0.05, 0) is 48.2 Å². The van der Waals surface area contributed by atoms with Crippen LogP contribution in [0.15, 0.2) is 48.5 Å². The summed E-state index contributed by atoms with van der Waals surface area (Å²) in [6.07, 6.45) is 1.82. The van der Waals surface area contributed by atoms with Gasteiger partial charge in [-0.25, -0.2) is 4.39 Å². The van der Waals surface area contributed by atoms with Crippen molar-refractivity contribution in [2.45, 2.75) is 24.8 Å². The fourth-order valence-corrected chi connectivity index (χ4v) is 2.86. The molecule has 0 aromatic heterocycles. The Labute approximate surface area is 151 Å². The van der Waals surface area contributed by atoms with Crippen LogP contribution >= 0.6 is 0 Å². The van der Waals surface area contributed by atoms with Crippen LogP contribution in [-0.2, 0) is 21.5 Å². The second-order valence-electron chi connectivity index (χ2n) is 6.50. The lowest BCUT2D eigenvalue weighted by molar-refractivity contribution is -0.139. The smallest absolute Gasteiger partial charge is 0.309 e. The van der Waals surface area contributed by atoms with E-state index in [1.54, 1.807) is 31.4 Å². The number of ether oxygens (including phenoxy) is 1. The summed E-state index contributed by atoms with van der Waals surface area (Å²) in [5.41, 5.74) is 1.68. The molecular formula is C20H21FN2O3. The number of amides is 2. The summed E-state index contributed by atoms with van der Waals surface area (Å²) in [4.78, 5) is 24.0. The Kier molecular flexibility index (Phi) is 5.21. The lowest BCUT2D eigenvalue weighted by Gasteiger charge is -2.16. The molecule has 0 heterocycles. The van der Waals surface area contributed by atoms with Crippen molar-refractivity contribution in [2.75, 3.05) is 13.7 Å². The van der Waals surface area contributed by atoms with E-state index in [2.05, 4.69) is 10.6 Å². The number of benzene rings is 2. The molecule has 26 heavy (non-hydrogen) atoms. The summed E-state index contributed by atoms with van der Waals surface area (Å²) in [6, 6.07) is 13.5. The number of methoxy groups -OCH3 is 1. The zero-order valence-electron chi connectivity index (χ0n) is 14.5. The number of hydrogen-bond acceptors (Lipinski definition) is 3. The highest BCUT2D eigenvalue weighted by molar-refractivity contribution is 6.35. The van der Waals surface area contributed by atoms with E-state index in [1.807, 2.05) is 12.1 Å². The van der Waals surface area contributed by atoms with E-state index in [9.17, 15) is 14.0 Å². The molecule has 0 aliphatic heterocycles. The molecule has 3 rings (SSSR count). The predicted molar refractivity (Wildman–Crippen MR) is 95.2 cm³/mol. The van der Waals surface area contributed by atoms with Gasteiger partial charge in [0.2, 0.25) is 0 Å². The van der Waals surface area contributed by atoms with Gasteiger partial charge in [0, 0.05) is 18.5 Å². The molecule has 2 aromatic rings. The number of carbonyl (C=O) groups excluding carboxylic acids is 2. The third-order valence-corrected chi connectivity index (χ3v) is 4.72. The molecule has 2 amide bonds. The lowest BCUT2D eigenvalue weighted by Crippen LogP contribution is -2.42. The van der Waals surface area contributed by atoms with Crippen molar-refractivity contribution >= 4 is 11.8 Å². The van der Waals surface area contributed by atoms with Crippen molar-refractivity contribution in [1.29, 1.82) is 0 Å². The third-order valence-electron chi connectivity index (χ3n) is 4.72. The highest BCUT2D eigenvalue weighted by Gasteiger charge is 2.44. The number of hydrogen-bond donors (Lipinski definition) is 2. The van der Waals surface area contributed by atoms with E-state index < -0.39 is 11.8 Å². The molecule has 1 fully saturated rings. The first-order valence-corrected chi connectivity index (χ1v) is 8.47. The number of nitrogens with one attached hydrogen (secondary N) is 2. The van der Waals surface area contributed by atoms with Gasteiger partial charge in [0.15, 0.2) is 0 Å². The van der Waals surface area contributed by atoms with Crippen LogP contribution in [0.3, 0.4) is 0 Å². The first kappa shape index (κ1) is 17.9. The van der Waals surface area contributed by atoms with Gasteiger partial charge in [-0.1, -0.05) is 24.3 Å². The first-order valence-electron chi connectivity index (χ1n) is 8.47. The maximum absolute atomic E-state index is 13.1. The van der Waals surface area contributed by atoms with Gasteiger partial charge in [-0.3, -0.25) is 9.59 Å². The highest BCUT2D eigenvalue weighted by Crippen LogP contribution is 2.47. The normalized spacial score (nSPS) is 14.4. The van der Waals surface area contributed by atoms with Gasteiger partial charge in [-0.2, -0.15) is 0 Å². The molecule has 1 aliphatic carbocycles. The largest absolute Gasteiger partial charge is 0.497 e. The fraction of sp³-hybridized carbons (Fsp3) is 0.300. The van der Waals surface area contributed by atoms with Gasteiger partial charge in [0.25, 0.3) is 0 Å². The molecule has 0 radical (unpaired) electrons. The summed E-state index contributed by atoms with van der Waals surface area (Å²) >= 11 is 0. The van der Waals surface area contributed by atoms with Crippen LogP contribution in [0.5, 0.6) is 5.75 Å². The standard InChI is InChI=1S/C20H21FN2O3/c1-26-17-8-2-14(3-9-17)12-22-18(24)19(25)23-13-20(10-11-20)15-4-6-16(21)7-5-15/h2-9H,10-13H2,1H3,(H,22,24)(H,23,25). The van der Waals surface area contributed by atoms with E-state index in [-0.39, 0.29) is 17.8 Å². The molecule has 0 bridgehead atoms. The number of carbonyl (C=O) groups is 2. The Morgan fingerprint density at radius 1 is 1.00 bits per heavy atom. The van der Waals surface area contributed by atoms with Crippen molar-refractivity contribution in [3.63, 3.8) is 0 Å². The molecule has 1 aliphatic rings. The van der Waals surface area contributed by atoms with Crippen molar-refractivity contribution < 1.29 is 18.7 Å². The van der Waals surface area contributed by atoms with Crippen LogP contribution in [0.2, 0.25) is 0 Å². The van der Waals surface area contributed by atoms with Crippen molar-refractivity contribution in [3.05, 3.63) is 65.5 Å². The van der Waals surface area contributed by atoms with Crippen molar-refractivity contribution in [3.8, 4) is 5.75 Å². The van der Waals surface area contributed by atoms with E-state index in [4.69, 9.17) is 4.74 Å². The molecule has 5 nitrogen and oxygen atoms in total. The Hall–Kier alpha value is -2.89. The summed E-state index contributed by atoms with van der Waals surface area (Å²) in [6.45, 7) is 0.632. The quantitative estimate of drug-likeness (QED) is 0.781. The van der Waals surface area contributed by atoms with Crippen LogP contribution in [-0.4, -0.2) is 25.5 Å². The zero-order valence-corrected chi connectivity index (χ0v) is 14.5. The minimum Gasteiger partial charge on any atom is -0.497 e. The average molecular weight is 356 g/mol. The predicted octanol–water partition coefficient (Wildman–Crippen LogP) is 2.30. The molecule has 0 saturated heterocycles. The topological polar surface area (TPSA) is 67.4 Å². The SMILES string of the molecule is COc1ccc(CNC(=O)C(=O)NCC2(c3ccc(F)cc3)CC2)cc1. The second kappa shape index (κ2) is 7.56. The molecule has 0 atom stereocenters. The summed E-state index contributed by atoms with van der Waals surface area (Å²) in [5, 5.41) is 5.29. The Bertz CT molecular complexity index is 784. The van der Waals surface area contributed by atoms with Gasteiger partial charge >= 0.3 is 11.8 Å². The fourth-order valence-electron chi connectivity index (χ4n) is 2.86. The maximum atomic E-state index is 13.1. The minimum absolute atomic E-state index is 0.181. The number of halogens is 1. The maximum Gasteiger partial charge on any atom is 0.309 e. The minimum atomic E-state index is -0.671. The monoisotopic (exact) mass is 356 g/mol. The zero-order chi connectivity index (χ0) is 18.6. The molecule has 2 N–H and O–H groups in total. The molecule has 1 saturated carbocycles. The van der Waals surface area contributed by atoms with Gasteiger partial charge in [-0.15, -0.1) is 0 Å². The summed E-state index contributed by atoms with van der Waals surface area (Å²) in [5.74, 6) is -0.887. The van der Waals surface area contributed by atoms with Gasteiger partial charge in [0.05, 0.1) is 7.11 Å². The Morgan fingerprint density at radius 2 is 1.62 bits per heavy atom. The molecule has 136 valence electrons. The van der Waals surface area contributed by atoms with Crippen LogP contribution < -0.4 is 15.4 Å². The number of rotatable bonds is 6. The summed E-state index contributed by atoms with van der Waals surface area (Å²) < 4.78 is 18.1. The Morgan fingerprint density at radius 3 is 2.19 bits per heavy atom. The van der Waals surface area contributed by atoms with E-state index >= 15 is 0 Å². The van der Waals surface area contributed by atoms with Crippen LogP contribution in [0.4, 0.5) is 4.39 Å². The van der Waals surface area contributed by atoms with Crippen LogP contribution in [0.1, 0.15) is 24.0 Å². The van der Waals surface area contributed by atoms with Gasteiger partial charge < -0.3 is 15.4 Å². The van der Waals surface area contributed by atoms with E-state index in [1.165, 1.54) is 12.1 Å². The van der Waals surface area contributed by atoms with Crippen LogP contribution in [0, 0.1) is 5.82 Å². The molecule has 2 aromatic carbocycles. The highest BCUT2D eigenvalue weighted by atomic mass is 19.1. The average Bonchev–Trinajstić information content (AvgIpc) is 3.46. The van der Waals surface area contributed by atoms with Gasteiger partial charge in [0.1, 0.15) is 11.6 Å². The van der Waals surface area contributed by atoms with Crippen LogP contribution in [0.25, 0.3) is 0 Å². The first-order chi connectivity index (χ1) is 12.5. The molecule has 6 heteroatoms. The van der Waals surface area contributed by atoms with Crippen molar-refractivity contribution in [1.82, 2.24) is 10.6 Å². The third kappa shape index (κ3) is 4.20. The Balaban J connectivity index is 1.48. The van der Waals surface area contributed by atoms with E-state index in [0.29, 0.717) is 6.54 Å². The van der Waals surface area contributed by atoms with E-state index in [0.717, 1.165) is 29.7 Å². The summed E-state index contributed by atoms with van der Waals surface area (Å²) in [7, 11) is 1.58.